The molecule has 0 unspecified atom stereocenters. The van der Waals surface area contributed by atoms with E-state index in [1.165, 1.54) is 0 Å². The van der Waals surface area contributed by atoms with Crippen LogP contribution in [0.2, 0.25) is 5.02 Å². The van der Waals surface area contributed by atoms with Crippen molar-refractivity contribution >= 4 is 39.8 Å². The zero-order chi connectivity index (χ0) is 13.4. The highest BCUT2D eigenvalue weighted by Gasteiger charge is 2.12. The van der Waals surface area contributed by atoms with Crippen LogP contribution in [0.3, 0.4) is 0 Å². The lowest BCUT2D eigenvalue weighted by Crippen LogP contribution is -1.92. The number of hydrogen-bond acceptors (Lipinski definition) is 3. The Labute approximate surface area is 127 Å². The van der Waals surface area contributed by atoms with Gasteiger partial charge < -0.3 is 0 Å². The second kappa shape index (κ2) is 4.79. The van der Waals surface area contributed by atoms with Gasteiger partial charge in [0.2, 0.25) is 0 Å². The molecule has 4 nitrogen and oxygen atoms in total. The molecule has 0 radical (unpaired) electrons. The van der Waals surface area contributed by atoms with Gasteiger partial charge in [-0.15, -0.1) is 10.2 Å². The van der Waals surface area contributed by atoms with Crippen LogP contribution < -0.4 is 0 Å². The first-order valence-electron chi connectivity index (χ1n) is 5.39. The molecule has 0 amide bonds. The van der Waals surface area contributed by atoms with E-state index in [9.17, 15) is 0 Å². The summed E-state index contributed by atoms with van der Waals surface area (Å²) in [6.45, 7) is 0. The molecule has 0 saturated heterocycles. The van der Waals surface area contributed by atoms with E-state index >= 15 is 0 Å². The third kappa shape index (κ3) is 2.17. The second-order valence-electron chi connectivity index (χ2n) is 3.91. The summed E-state index contributed by atoms with van der Waals surface area (Å²) in [6.07, 6.45) is 1.72. The van der Waals surface area contributed by atoms with E-state index in [0.717, 1.165) is 9.13 Å². The SMILES string of the molecule is N#Cc1ccc2nnc(-c3cc(Cl)ccc3I)n2c1. The maximum Gasteiger partial charge on any atom is 0.169 e. The van der Waals surface area contributed by atoms with Crippen molar-refractivity contribution in [1.82, 2.24) is 14.6 Å². The van der Waals surface area contributed by atoms with Gasteiger partial charge in [0, 0.05) is 20.4 Å². The van der Waals surface area contributed by atoms with Crippen molar-refractivity contribution in [3.05, 3.63) is 50.7 Å². The average Bonchev–Trinajstić information content (AvgIpc) is 2.84. The van der Waals surface area contributed by atoms with Gasteiger partial charge in [0.1, 0.15) is 6.07 Å². The molecule has 0 aliphatic heterocycles. The quantitative estimate of drug-likeness (QED) is 0.607. The summed E-state index contributed by atoms with van der Waals surface area (Å²) in [6, 6.07) is 11.2. The zero-order valence-electron chi connectivity index (χ0n) is 9.51. The van der Waals surface area contributed by atoms with Crippen molar-refractivity contribution in [2.45, 2.75) is 0 Å². The van der Waals surface area contributed by atoms with Crippen LogP contribution >= 0.6 is 34.2 Å². The Morgan fingerprint density at radius 3 is 2.84 bits per heavy atom. The molecule has 0 bridgehead atoms. The molecule has 2 heterocycles. The molecule has 2 aromatic heterocycles. The van der Waals surface area contributed by atoms with Crippen molar-refractivity contribution in [3.63, 3.8) is 0 Å². The molecule has 6 heteroatoms. The van der Waals surface area contributed by atoms with Crippen LogP contribution in [0.25, 0.3) is 17.0 Å². The maximum atomic E-state index is 8.97. The number of hydrogen-bond donors (Lipinski definition) is 0. The first-order chi connectivity index (χ1) is 9.19. The van der Waals surface area contributed by atoms with Crippen LogP contribution in [-0.4, -0.2) is 14.6 Å². The molecule has 1 aromatic carbocycles. The highest BCUT2D eigenvalue weighted by molar-refractivity contribution is 14.1. The number of halogens is 2. The van der Waals surface area contributed by atoms with Gasteiger partial charge in [-0.1, -0.05) is 11.6 Å². The minimum absolute atomic E-state index is 0.561. The van der Waals surface area contributed by atoms with Crippen LogP contribution in [0.5, 0.6) is 0 Å². The normalized spacial score (nSPS) is 10.6. The van der Waals surface area contributed by atoms with E-state index in [4.69, 9.17) is 16.9 Å². The summed E-state index contributed by atoms with van der Waals surface area (Å²) in [5.74, 6) is 0.680. The van der Waals surface area contributed by atoms with Gasteiger partial charge in [-0.25, -0.2) is 0 Å². The van der Waals surface area contributed by atoms with Gasteiger partial charge >= 0.3 is 0 Å². The Hall–Kier alpha value is -1.65. The minimum atomic E-state index is 0.561. The standard InChI is InChI=1S/C13H6ClIN4/c14-9-2-3-11(15)10(5-9)13-18-17-12-4-1-8(6-16)7-19(12)13/h1-5,7H. The molecule has 92 valence electrons. The maximum absolute atomic E-state index is 8.97. The molecule has 19 heavy (non-hydrogen) atoms. The number of nitrogens with zero attached hydrogens (tertiary/aromatic N) is 4. The topological polar surface area (TPSA) is 54.0 Å². The molecule has 0 spiro atoms. The highest BCUT2D eigenvalue weighted by Crippen LogP contribution is 2.27. The van der Waals surface area contributed by atoms with Gasteiger partial charge in [0.15, 0.2) is 11.5 Å². The summed E-state index contributed by atoms with van der Waals surface area (Å²) in [5.41, 5.74) is 2.16. The molecule has 0 saturated carbocycles. The summed E-state index contributed by atoms with van der Waals surface area (Å²) in [7, 11) is 0. The average molecular weight is 381 g/mol. The van der Waals surface area contributed by atoms with Gasteiger partial charge in [0.05, 0.1) is 5.56 Å². The fourth-order valence-corrected chi connectivity index (χ4v) is 2.56. The first kappa shape index (κ1) is 12.4. The number of pyridine rings is 1. The molecule has 0 aliphatic carbocycles. The second-order valence-corrected chi connectivity index (χ2v) is 5.50. The highest BCUT2D eigenvalue weighted by atomic mass is 127. The van der Waals surface area contributed by atoms with Crippen molar-refractivity contribution in [1.29, 1.82) is 5.26 Å². The Balaban J connectivity index is 2.31. The summed E-state index contributed by atoms with van der Waals surface area (Å²) in [4.78, 5) is 0. The molecule has 0 N–H and O–H groups in total. The van der Waals surface area contributed by atoms with Crippen molar-refractivity contribution < 1.29 is 0 Å². The first-order valence-corrected chi connectivity index (χ1v) is 6.85. The molecule has 0 fully saturated rings. The summed E-state index contributed by atoms with van der Waals surface area (Å²) >= 11 is 8.25. The van der Waals surface area contributed by atoms with Gasteiger partial charge in [0.25, 0.3) is 0 Å². The number of benzene rings is 1. The largest absolute Gasteiger partial charge is 0.281 e. The van der Waals surface area contributed by atoms with E-state index in [-0.39, 0.29) is 0 Å². The Kier molecular flexibility index (Phi) is 3.12. The Morgan fingerprint density at radius 1 is 1.21 bits per heavy atom. The van der Waals surface area contributed by atoms with E-state index in [0.29, 0.717) is 22.1 Å². The van der Waals surface area contributed by atoms with Crippen molar-refractivity contribution in [2.75, 3.05) is 0 Å². The third-order valence-electron chi connectivity index (χ3n) is 2.70. The van der Waals surface area contributed by atoms with E-state index in [1.807, 2.05) is 18.2 Å². The smallest absolute Gasteiger partial charge is 0.169 e. The number of fused-ring (bicyclic) bond motifs is 1. The van der Waals surface area contributed by atoms with E-state index in [1.54, 1.807) is 22.7 Å². The number of rotatable bonds is 1. The monoisotopic (exact) mass is 380 g/mol. The summed E-state index contributed by atoms with van der Waals surface area (Å²) in [5, 5.41) is 17.9. The number of aromatic nitrogens is 3. The Morgan fingerprint density at radius 2 is 2.05 bits per heavy atom. The molecular formula is C13H6ClIN4. The zero-order valence-corrected chi connectivity index (χ0v) is 12.4. The van der Waals surface area contributed by atoms with Crippen molar-refractivity contribution in [3.8, 4) is 17.5 Å². The van der Waals surface area contributed by atoms with Crippen LogP contribution in [0.15, 0.2) is 36.5 Å². The lowest BCUT2D eigenvalue weighted by Gasteiger charge is -2.03. The van der Waals surface area contributed by atoms with Gasteiger partial charge in [-0.2, -0.15) is 5.26 Å². The predicted molar refractivity (Wildman–Crippen MR) is 80.9 cm³/mol. The lowest BCUT2D eigenvalue weighted by molar-refractivity contribution is 1.11. The van der Waals surface area contributed by atoms with Gasteiger partial charge in [-0.3, -0.25) is 4.40 Å². The van der Waals surface area contributed by atoms with Crippen LogP contribution in [0.1, 0.15) is 5.56 Å². The summed E-state index contributed by atoms with van der Waals surface area (Å²) < 4.78 is 2.82. The fourth-order valence-electron chi connectivity index (χ4n) is 1.81. The fraction of sp³-hybridized carbons (Fsp3) is 0. The van der Waals surface area contributed by atoms with E-state index in [2.05, 4.69) is 38.9 Å². The molecular weight excluding hydrogens is 375 g/mol. The third-order valence-corrected chi connectivity index (χ3v) is 3.88. The minimum Gasteiger partial charge on any atom is -0.281 e. The predicted octanol–water partition coefficient (Wildman–Crippen LogP) is 3.53. The lowest BCUT2D eigenvalue weighted by atomic mass is 10.2. The molecule has 3 aromatic rings. The van der Waals surface area contributed by atoms with Crippen LogP contribution in [-0.2, 0) is 0 Å². The number of nitriles is 1. The molecule has 0 atom stereocenters. The van der Waals surface area contributed by atoms with Crippen LogP contribution in [0, 0.1) is 14.9 Å². The Bertz CT molecular complexity index is 819. The van der Waals surface area contributed by atoms with E-state index < -0.39 is 0 Å². The van der Waals surface area contributed by atoms with Gasteiger partial charge in [-0.05, 0) is 52.9 Å². The van der Waals surface area contributed by atoms with Crippen molar-refractivity contribution in [2.24, 2.45) is 0 Å². The molecule has 3 rings (SSSR count). The van der Waals surface area contributed by atoms with Crippen LogP contribution in [0.4, 0.5) is 0 Å². The molecule has 0 aliphatic rings.